The van der Waals surface area contributed by atoms with E-state index in [1.807, 2.05) is 0 Å². The average molecular weight is 296 g/mol. The first-order chi connectivity index (χ1) is 9.32. The van der Waals surface area contributed by atoms with Crippen LogP contribution in [-0.2, 0) is 25.8 Å². The summed E-state index contributed by atoms with van der Waals surface area (Å²) in [4.78, 5) is 14.6. The summed E-state index contributed by atoms with van der Waals surface area (Å²) >= 11 is 0. The molecule has 20 heavy (non-hydrogen) atoms. The maximum atomic E-state index is 11.6. The van der Waals surface area contributed by atoms with Gasteiger partial charge in [0.15, 0.2) is 9.84 Å². The fourth-order valence-corrected chi connectivity index (χ4v) is 2.68. The van der Waals surface area contributed by atoms with E-state index in [-0.39, 0.29) is 11.3 Å². The minimum atomic E-state index is -3.28. The molecule has 1 heterocycles. The summed E-state index contributed by atoms with van der Waals surface area (Å²) in [7, 11) is -2.00. The molecule has 6 nitrogen and oxygen atoms in total. The number of methoxy groups -OCH3 is 1. The first-order valence-electron chi connectivity index (χ1n) is 5.96. The third kappa shape index (κ3) is 2.83. The number of nitrogens with two attached hydrogens (primary N) is 1. The fraction of sp³-hybridized carbons (Fsp3) is 0.308. The number of nitrogens with one attached hydrogen (secondary N) is 1. The van der Waals surface area contributed by atoms with Gasteiger partial charge in [0.05, 0.1) is 12.0 Å². The Morgan fingerprint density at radius 3 is 2.75 bits per heavy atom. The van der Waals surface area contributed by atoms with Crippen LogP contribution >= 0.6 is 0 Å². The first kappa shape index (κ1) is 14.5. The van der Waals surface area contributed by atoms with Crippen LogP contribution in [0.1, 0.15) is 5.56 Å². The zero-order chi connectivity index (χ0) is 14.9. The summed E-state index contributed by atoms with van der Waals surface area (Å²) in [6.45, 7) is 0. The minimum Gasteiger partial charge on any atom is -0.468 e. The molecular formula is C13H16N2O4S. The smallest absolute Gasteiger partial charge is 0.322 e. The molecule has 2 rings (SSSR count). The van der Waals surface area contributed by atoms with Gasteiger partial charge in [-0.15, -0.1) is 0 Å². The molecule has 2 aromatic rings. The average Bonchev–Trinajstić information content (AvgIpc) is 2.79. The highest BCUT2D eigenvalue weighted by atomic mass is 32.2. The van der Waals surface area contributed by atoms with Crippen molar-refractivity contribution >= 4 is 26.7 Å². The minimum absolute atomic E-state index is 0.234. The van der Waals surface area contributed by atoms with E-state index in [0.717, 1.165) is 22.7 Å². The van der Waals surface area contributed by atoms with Crippen molar-refractivity contribution in [1.29, 1.82) is 0 Å². The number of benzene rings is 1. The van der Waals surface area contributed by atoms with Crippen molar-refractivity contribution < 1.29 is 17.9 Å². The molecule has 3 N–H and O–H groups in total. The number of rotatable bonds is 4. The maximum absolute atomic E-state index is 11.6. The van der Waals surface area contributed by atoms with Crippen LogP contribution in [0, 0.1) is 0 Å². The predicted octanol–water partition coefficient (Wildman–Crippen LogP) is 0.614. The van der Waals surface area contributed by atoms with Gasteiger partial charge in [-0.05, 0) is 23.8 Å². The number of ether oxygens (including phenoxy) is 1. The summed E-state index contributed by atoms with van der Waals surface area (Å²) in [5.41, 5.74) is 7.30. The number of sulfone groups is 1. The highest BCUT2D eigenvalue weighted by Crippen LogP contribution is 2.23. The van der Waals surface area contributed by atoms with Gasteiger partial charge in [0.1, 0.15) is 6.04 Å². The van der Waals surface area contributed by atoms with Gasteiger partial charge in [-0.25, -0.2) is 8.42 Å². The van der Waals surface area contributed by atoms with Gasteiger partial charge in [-0.1, -0.05) is 0 Å². The standard InChI is InChI=1S/C13H16N2O4S/c1-19-13(16)11(14)5-8-7-15-12-4-3-9(6-10(8)12)20(2,17)18/h3-4,6-7,11,15H,5,14H2,1-2H3. The van der Waals surface area contributed by atoms with E-state index in [1.165, 1.54) is 13.2 Å². The zero-order valence-corrected chi connectivity index (χ0v) is 12.0. The molecule has 1 aromatic carbocycles. The van der Waals surface area contributed by atoms with Crippen LogP contribution in [0.5, 0.6) is 0 Å². The monoisotopic (exact) mass is 296 g/mol. The fourth-order valence-electron chi connectivity index (χ4n) is 2.03. The van der Waals surface area contributed by atoms with Crippen molar-refractivity contribution in [3.63, 3.8) is 0 Å². The summed E-state index contributed by atoms with van der Waals surface area (Å²) in [6, 6.07) is 4.04. The molecule has 0 saturated carbocycles. The van der Waals surface area contributed by atoms with Gasteiger partial charge in [0, 0.05) is 29.8 Å². The number of hydrogen-bond donors (Lipinski definition) is 2. The van der Waals surface area contributed by atoms with Gasteiger partial charge in [0.25, 0.3) is 0 Å². The SMILES string of the molecule is COC(=O)C(N)Cc1c[nH]c2ccc(S(C)(=O)=O)cc12. The number of fused-ring (bicyclic) bond motifs is 1. The number of aromatic amines is 1. The van der Waals surface area contributed by atoms with Gasteiger partial charge in [-0.2, -0.15) is 0 Å². The van der Waals surface area contributed by atoms with Crippen LogP contribution < -0.4 is 5.73 Å². The zero-order valence-electron chi connectivity index (χ0n) is 11.2. The lowest BCUT2D eigenvalue weighted by molar-refractivity contribution is -0.142. The Kier molecular flexibility index (Phi) is 3.82. The Morgan fingerprint density at radius 2 is 2.15 bits per heavy atom. The second kappa shape index (κ2) is 5.26. The van der Waals surface area contributed by atoms with Crippen LogP contribution in [0.15, 0.2) is 29.3 Å². The molecule has 0 saturated heterocycles. The van der Waals surface area contributed by atoms with E-state index in [1.54, 1.807) is 18.3 Å². The molecule has 0 aliphatic heterocycles. The third-order valence-electron chi connectivity index (χ3n) is 3.11. The lowest BCUT2D eigenvalue weighted by Crippen LogP contribution is -2.33. The van der Waals surface area contributed by atoms with Crippen molar-refractivity contribution in [2.75, 3.05) is 13.4 Å². The van der Waals surface area contributed by atoms with Crippen LogP contribution in [-0.4, -0.2) is 38.8 Å². The molecule has 1 atom stereocenters. The van der Waals surface area contributed by atoms with Gasteiger partial charge >= 0.3 is 5.97 Å². The number of esters is 1. The van der Waals surface area contributed by atoms with E-state index in [4.69, 9.17) is 5.73 Å². The van der Waals surface area contributed by atoms with E-state index >= 15 is 0 Å². The summed E-state index contributed by atoms with van der Waals surface area (Å²) in [6.07, 6.45) is 3.15. The van der Waals surface area contributed by atoms with E-state index in [2.05, 4.69) is 9.72 Å². The Hall–Kier alpha value is -1.86. The quantitative estimate of drug-likeness (QED) is 0.805. The molecular weight excluding hydrogens is 280 g/mol. The normalized spacial score (nSPS) is 13.3. The largest absolute Gasteiger partial charge is 0.468 e. The summed E-state index contributed by atoms with van der Waals surface area (Å²) < 4.78 is 27.7. The van der Waals surface area contributed by atoms with Crippen molar-refractivity contribution in [3.8, 4) is 0 Å². The Labute approximate surface area is 116 Å². The summed E-state index contributed by atoms with van der Waals surface area (Å²) in [5.74, 6) is -0.501. The van der Waals surface area contributed by atoms with Crippen molar-refractivity contribution in [1.82, 2.24) is 4.98 Å². The molecule has 0 fully saturated rings. The molecule has 7 heteroatoms. The number of aromatic nitrogens is 1. The topological polar surface area (TPSA) is 102 Å². The Morgan fingerprint density at radius 1 is 1.45 bits per heavy atom. The van der Waals surface area contributed by atoms with E-state index in [0.29, 0.717) is 0 Å². The molecule has 0 amide bonds. The van der Waals surface area contributed by atoms with E-state index < -0.39 is 21.8 Å². The van der Waals surface area contributed by atoms with Crippen molar-refractivity contribution in [2.45, 2.75) is 17.4 Å². The lowest BCUT2D eigenvalue weighted by Gasteiger charge is -2.08. The van der Waals surface area contributed by atoms with Crippen LogP contribution in [0.25, 0.3) is 10.9 Å². The van der Waals surface area contributed by atoms with Crippen LogP contribution in [0.3, 0.4) is 0 Å². The molecule has 0 aliphatic rings. The number of H-pyrrole nitrogens is 1. The van der Waals surface area contributed by atoms with Crippen LogP contribution in [0.4, 0.5) is 0 Å². The maximum Gasteiger partial charge on any atom is 0.322 e. The first-order valence-corrected chi connectivity index (χ1v) is 7.85. The number of carbonyl (C=O) groups is 1. The molecule has 1 aromatic heterocycles. The highest BCUT2D eigenvalue weighted by molar-refractivity contribution is 7.90. The molecule has 0 aliphatic carbocycles. The summed E-state index contributed by atoms with van der Waals surface area (Å²) in [5, 5.41) is 0.743. The van der Waals surface area contributed by atoms with Crippen LogP contribution in [0.2, 0.25) is 0 Å². The van der Waals surface area contributed by atoms with Crippen molar-refractivity contribution in [3.05, 3.63) is 30.0 Å². The molecule has 0 bridgehead atoms. The van der Waals surface area contributed by atoms with E-state index in [9.17, 15) is 13.2 Å². The number of hydrogen-bond acceptors (Lipinski definition) is 5. The third-order valence-corrected chi connectivity index (χ3v) is 4.22. The molecule has 0 spiro atoms. The highest BCUT2D eigenvalue weighted by Gasteiger charge is 2.17. The van der Waals surface area contributed by atoms with Gasteiger partial charge in [0.2, 0.25) is 0 Å². The Balaban J connectivity index is 2.42. The van der Waals surface area contributed by atoms with Crippen molar-refractivity contribution in [2.24, 2.45) is 5.73 Å². The number of carbonyl (C=O) groups excluding carboxylic acids is 1. The Bertz CT molecular complexity index is 749. The predicted molar refractivity (Wildman–Crippen MR) is 75.1 cm³/mol. The second-order valence-electron chi connectivity index (χ2n) is 4.63. The second-order valence-corrected chi connectivity index (χ2v) is 6.64. The lowest BCUT2D eigenvalue weighted by atomic mass is 10.1. The van der Waals surface area contributed by atoms with Gasteiger partial charge < -0.3 is 15.5 Å². The van der Waals surface area contributed by atoms with Gasteiger partial charge in [-0.3, -0.25) is 4.79 Å². The molecule has 1 unspecified atom stereocenters. The molecule has 108 valence electrons. The molecule has 0 radical (unpaired) electrons.